The fourth-order valence-corrected chi connectivity index (χ4v) is 1.98. The van der Waals surface area contributed by atoms with Crippen LogP contribution in [0.2, 0.25) is 0 Å². The van der Waals surface area contributed by atoms with E-state index in [1.165, 1.54) is 0 Å². The monoisotopic (exact) mass is 288 g/mol. The van der Waals surface area contributed by atoms with Gasteiger partial charge < -0.3 is 13.5 Å². The molecular weight excluding hydrogens is 272 g/mol. The molecule has 0 amide bonds. The second-order valence-corrected chi connectivity index (χ2v) is 4.80. The third-order valence-electron chi connectivity index (χ3n) is 3.01. The lowest BCUT2D eigenvalue weighted by Gasteiger charge is -2.11. The van der Waals surface area contributed by atoms with E-state index in [0.717, 1.165) is 17.9 Å². The number of aryl methyl sites for hydroxylation is 1. The zero-order chi connectivity index (χ0) is 14.7. The third kappa shape index (κ3) is 3.19. The zero-order valence-electron chi connectivity index (χ0n) is 11.9. The van der Waals surface area contributed by atoms with Gasteiger partial charge in [0.15, 0.2) is 17.3 Å². The zero-order valence-corrected chi connectivity index (χ0v) is 11.9. The summed E-state index contributed by atoms with van der Waals surface area (Å²) in [5.74, 6) is 2.37. The SMILES string of the molecule is CCc1cc(CN(C)Cc2noc(-c3ccco3)n2)on1. The second-order valence-electron chi connectivity index (χ2n) is 4.80. The van der Waals surface area contributed by atoms with Gasteiger partial charge in [-0.15, -0.1) is 0 Å². The maximum Gasteiger partial charge on any atom is 0.293 e. The minimum absolute atomic E-state index is 0.385. The molecule has 0 saturated heterocycles. The van der Waals surface area contributed by atoms with E-state index in [1.807, 2.05) is 24.9 Å². The van der Waals surface area contributed by atoms with Crippen molar-refractivity contribution in [1.82, 2.24) is 20.2 Å². The average molecular weight is 288 g/mol. The van der Waals surface area contributed by atoms with Crippen LogP contribution in [0.4, 0.5) is 0 Å². The lowest BCUT2D eigenvalue weighted by atomic mass is 10.3. The summed E-state index contributed by atoms with van der Waals surface area (Å²) < 4.78 is 15.6. The minimum atomic E-state index is 0.385. The molecule has 7 nitrogen and oxygen atoms in total. The molecule has 3 aromatic rings. The van der Waals surface area contributed by atoms with Gasteiger partial charge in [0.2, 0.25) is 0 Å². The van der Waals surface area contributed by atoms with E-state index < -0.39 is 0 Å². The van der Waals surface area contributed by atoms with Crippen molar-refractivity contribution in [2.45, 2.75) is 26.4 Å². The summed E-state index contributed by atoms with van der Waals surface area (Å²) in [5.41, 5.74) is 0.957. The van der Waals surface area contributed by atoms with Crippen molar-refractivity contribution < 1.29 is 13.5 Å². The Balaban J connectivity index is 1.61. The smallest absolute Gasteiger partial charge is 0.293 e. The summed E-state index contributed by atoms with van der Waals surface area (Å²) in [6, 6.07) is 5.52. The number of hydrogen-bond acceptors (Lipinski definition) is 7. The van der Waals surface area contributed by atoms with Crippen LogP contribution in [-0.2, 0) is 19.5 Å². The molecule has 21 heavy (non-hydrogen) atoms. The normalized spacial score (nSPS) is 11.4. The van der Waals surface area contributed by atoms with Gasteiger partial charge in [0, 0.05) is 6.07 Å². The first-order chi connectivity index (χ1) is 10.2. The molecule has 7 heteroatoms. The summed E-state index contributed by atoms with van der Waals surface area (Å²) in [7, 11) is 1.96. The molecule has 0 aliphatic carbocycles. The Morgan fingerprint density at radius 3 is 2.81 bits per heavy atom. The van der Waals surface area contributed by atoms with E-state index in [9.17, 15) is 0 Å². The molecule has 3 aromatic heterocycles. The molecule has 0 radical (unpaired) electrons. The van der Waals surface area contributed by atoms with Gasteiger partial charge in [-0.3, -0.25) is 4.90 Å². The molecule has 0 aliphatic rings. The Morgan fingerprint density at radius 2 is 2.10 bits per heavy atom. The van der Waals surface area contributed by atoms with E-state index in [1.54, 1.807) is 18.4 Å². The summed E-state index contributed by atoms with van der Waals surface area (Å²) in [4.78, 5) is 6.32. The fraction of sp³-hybridized carbons (Fsp3) is 0.357. The predicted octanol–water partition coefficient (Wildman–Crippen LogP) is 2.51. The van der Waals surface area contributed by atoms with Crippen LogP contribution in [0.1, 0.15) is 24.2 Å². The third-order valence-corrected chi connectivity index (χ3v) is 3.01. The molecule has 0 unspecified atom stereocenters. The van der Waals surface area contributed by atoms with E-state index in [-0.39, 0.29) is 0 Å². The first-order valence-electron chi connectivity index (χ1n) is 6.74. The topological polar surface area (TPSA) is 81.3 Å². The van der Waals surface area contributed by atoms with Gasteiger partial charge in [0.05, 0.1) is 25.0 Å². The lowest BCUT2D eigenvalue weighted by molar-refractivity contribution is 0.257. The predicted molar refractivity (Wildman–Crippen MR) is 73.1 cm³/mol. The van der Waals surface area contributed by atoms with E-state index in [4.69, 9.17) is 13.5 Å². The summed E-state index contributed by atoms with van der Waals surface area (Å²) >= 11 is 0. The van der Waals surface area contributed by atoms with Gasteiger partial charge in [0.1, 0.15) is 0 Å². The van der Waals surface area contributed by atoms with Crippen LogP contribution in [0.25, 0.3) is 11.7 Å². The van der Waals surface area contributed by atoms with Gasteiger partial charge in [0.25, 0.3) is 5.89 Å². The number of hydrogen-bond donors (Lipinski definition) is 0. The molecule has 0 saturated carbocycles. The van der Waals surface area contributed by atoms with Crippen LogP contribution in [0, 0.1) is 0 Å². The summed E-state index contributed by atoms with van der Waals surface area (Å²) in [6.45, 7) is 3.23. The Hall–Kier alpha value is -2.41. The molecule has 0 bridgehead atoms. The summed E-state index contributed by atoms with van der Waals surface area (Å²) in [5, 5.41) is 7.91. The standard InChI is InChI=1S/C14H16N4O3/c1-3-10-7-11(20-16-10)8-18(2)9-13-15-14(21-17-13)12-5-4-6-19-12/h4-7H,3,8-9H2,1-2H3. The van der Waals surface area contributed by atoms with Crippen molar-refractivity contribution in [2.24, 2.45) is 0 Å². The molecule has 0 atom stereocenters. The van der Waals surface area contributed by atoms with Gasteiger partial charge in [-0.1, -0.05) is 17.2 Å². The van der Waals surface area contributed by atoms with Gasteiger partial charge in [-0.05, 0) is 25.6 Å². The van der Waals surface area contributed by atoms with Crippen LogP contribution < -0.4 is 0 Å². The van der Waals surface area contributed by atoms with Crippen molar-refractivity contribution >= 4 is 0 Å². The van der Waals surface area contributed by atoms with Crippen LogP contribution in [0.3, 0.4) is 0 Å². The van der Waals surface area contributed by atoms with Crippen LogP contribution in [0.15, 0.2) is 37.9 Å². The Labute approximate surface area is 121 Å². The first-order valence-corrected chi connectivity index (χ1v) is 6.74. The molecular formula is C14H16N4O3. The maximum absolute atomic E-state index is 5.26. The highest BCUT2D eigenvalue weighted by molar-refractivity contribution is 5.42. The molecule has 0 aliphatic heterocycles. The first kappa shape index (κ1) is 13.6. The minimum Gasteiger partial charge on any atom is -0.459 e. The van der Waals surface area contributed by atoms with Crippen LogP contribution in [-0.4, -0.2) is 27.2 Å². The van der Waals surface area contributed by atoms with Crippen LogP contribution >= 0.6 is 0 Å². The van der Waals surface area contributed by atoms with Gasteiger partial charge >= 0.3 is 0 Å². The second kappa shape index (κ2) is 5.92. The molecule has 3 rings (SSSR count). The van der Waals surface area contributed by atoms with Gasteiger partial charge in [-0.2, -0.15) is 4.98 Å². The highest BCUT2D eigenvalue weighted by Crippen LogP contribution is 2.17. The van der Waals surface area contributed by atoms with E-state index in [2.05, 4.69) is 15.3 Å². The molecule has 110 valence electrons. The molecule has 0 fully saturated rings. The Bertz CT molecular complexity index is 687. The number of aromatic nitrogens is 3. The molecule has 0 N–H and O–H groups in total. The number of furan rings is 1. The highest BCUT2D eigenvalue weighted by Gasteiger charge is 2.13. The van der Waals surface area contributed by atoms with E-state index in [0.29, 0.717) is 30.6 Å². The van der Waals surface area contributed by atoms with Crippen molar-refractivity contribution in [3.05, 3.63) is 41.7 Å². The highest BCUT2D eigenvalue weighted by atomic mass is 16.5. The molecule has 0 spiro atoms. The maximum atomic E-state index is 5.26. The Morgan fingerprint density at radius 1 is 1.19 bits per heavy atom. The van der Waals surface area contributed by atoms with Crippen LogP contribution in [0.5, 0.6) is 0 Å². The fourth-order valence-electron chi connectivity index (χ4n) is 1.98. The van der Waals surface area contributed by atoms with Crippen molar-refractivity contribution in [2.75, 3.05) is 7.05 Å². The van der Waals surface area contributed by atoms with Gasteiger partial charge in [-0.25, -0.2) is 0 Å². The van der Waals surface area contributed by atoms with Crippen molar-refractivity contribution in [3.63, 3.8) is 0 Å². The molecule has 3 heterocycles. The number of nitrogens with zero attached hydrogens (tertiary/aromatic N) is 4. The summed E-state index contributed by atoms with van der Waals surface area (Å²) in [6.07, 6.45) is 2.44. The molecule has 0 aromatic carbocycles. The van der Waals surface area contributed by atoms with E-state index >= 15 is 0 Å². The number of rotatable bonds is 6. The largest absolute Gasteiger partial charge is 0.459 e. The lowest BCUT2D eigenvalue weighted by Crippen LogP contribution is -2.17. The van der Waals surface area contributed by atoms with Crippen molar-refractivity contribution in [1.29, 1.82) is 0 Å². The Kier molecular flexibility index (Phi) is 3.83. The quantitative estimate of drug-likeness (QED) is 0.689. The van der Waals surface area contributed by atoms with Crippen molar-refractivity contribution in [3.8, 4) is 11.7 Å². The average Bonchev–Trinajstić information content (AvgIpc) is 3.19.